The molecule has 1 aromatic rings. The molecule has 0 bridgehead atoms. The van der Waals surface area contributed by atoms with Crippen molar-refractivity contribution in [1.29, 1.82) is 0 Å². The van der Waals surface area contributed by atoms with Gasteiger partial charge in [0.1, 0.15) is 5.82 Å². The lowest BCUT2D eigenvalue weighted by Gasteiger charge is -2.15. The van der Waals surface area contributed by atoms with E-state index in [-0.39, 0.29) is 5.82 Å². The fourth-order valence-electron chi connectivity index (χ4n) is 2.37. The van der Waals surface area contributed by atoms with Crippen molar-refractivity contribution in [3.05, 3.63) is 28.0 Å². The third-order valence-corrected chi connectivity index (χ3v) is 4.04. The number of rotatable bonds is 5. The zero-order valence-electron chi connectivity index (χ0n) is 10.8. The summed E-state index contributed by atoms with van der Waals surface area (Å²) in [5.41, 5.74) is 1.97. The van der Waals surface area contributed by atoms with E-state index in [0.29, 0.717) is 4.47 Å². The molecule has 1 aromatic carbocycles. The van der Waals surface area contributed by atoms with E-state index < -0.39 is 0 Å². The summed E-state index contributed by atoms with van der Waals surface area (Å²) in [5.74, 6) is -0.199. The number of anilines is 1. The normalized spacial score (nSPS) is 16.2. The van der Waals surface area contributed by atoms with E-state index in [1.807, 2.05) is 13.0 Å². The number of nitrogens with zero attached hydrogens (tertiary/aromatic N) is 1. The Labute approximate surface area is 117 Å². The maximum atomic E-state index is 13.3. The summed E-state index contributed by atoms with van der Waals surface area (Å²) in [6, 6.07) is 3.38. The van der Waals surface area contributed by atoms with Crippen molar-refractivity contribution in [3.8, 4) is 0 Å². The number of nitrogens with one attached hydrogen (secondary N) is 1. The summed E-state index contributed by atoms with van der Waals surface area (Å²) in [5, 5.41) is 3.38. The van der Waals surface area contributed by atoms with Crippen molar-refractivity contribution in [2.24, 2.45) is 0 Å². The highest BCUT2D eigenvalue weighted by atomic mass is 79.9. The van der Waals surface area contributed by atoms with Crippen molar-refractivity contribution < 1.29 is 4.39 Å². The second-order valence-electron chi connectivity index (χ2n) is 4.91. The zero-order valence-corrected chi connectivity index (χ0v) is 12.4. The van der Waals surface area contributed by atoms with Gasteiger partial charge in [-0.2, -0.15) is 0 Å². The molecule has 100 valence electrons. The molecule has 4 heteroatoms. The molecule has 1 fully saturated rings. The largest absolute Gasteiger partial charge is 0.385 e. The number of halogens is 2. The standard InChI is InChI=1S/C14H20BrFN2/c1-11-9-13(16)12(15)10-14(11)17-5-4-8-18-6-2-3-7-18/h9-10,17H,2-8H2,1H3. The molecule has 0 atom stereocenters. The van der Waals surface area contributed by atoms with Gasteiger partial charge in [-0.25, -0.2) is 4.39 Å². The number of benzene rings is 1. The fourth-order valence-corrected chi connectivity index (χ4v) is 2.71. The van der Waals surface area contributed by atoms with Crippen molar-refractivity contribution in [2.75, 3.05) is 31.5 Å². The van der Waals surface area contributed by atoms with Gasteiger partial charge in [0.2, 0.25) is 0 Å². The molecule has 0 radical (unpaired) electrons. The highest BCUT2D eigenvalue weighted by Gasteiger charge is 2.10. The molecule has 0 aromatic heterocycles. The maximum absolute atomic E-state index is 13.3. The highest BCUT2D eigenvalue weighted by Crippen LogP contribution is 2.24. The first-order valence-corrected chi connectivity index (χ1v) is 7.38. The molecule has 1 aliphatic rings. The Morgan fingerprint density at radius 3 is 2.78 bits per heavy atom. The number of likely N-dealkylation sites (tertiary alicyclic amines) is 1. The van der Waals surface area contributed by atoms with Crippen molar-refractivity contribution in [3.63, 3.8) is 0 Å². The molecule has 1 heterocycles. The van der Waals surface area contributed by atoms with E-state index in [9.17, 15) is 4.39 Å². The van der Waals surface area contributed by atoms with Crippen LogP contribution in [0.5, 0.6) is 0 Å². The lowest BCUT2D eigenvalue weighted by Crippen LogP contribution is -2.22. The fraction of sp³-hybridized carbons (Fsp3) is 0.571. The van der Waals surface area contributed by atoms with Gasteiger partial charge in [0.15, 0.2) is 0 Å². The maximum Gasteiger partial charge on any atom is 0.137 e. The third kappa shape index (κ3) is 3.69. The number of hydrogen-bond acceptors (Lipinski definition) is 2. The molecule has 0 saturated carbocycles. The van der Waals surface area contributed by atoms with Crippen molar-refractivity contribution in [2.45, 2.75) is 26.2 Å². The third-order valence-electron chi connectivity index (χ3n) is 3.43. The minimum absolute atomic E-state index is 0.199. The lowest BCUT2D eigenvalue weighted by molar-refractivity contribution is 0.337. The lowest BCUT2D eigenvalue weighted by atomic mass is 10.2. The molecule has 0 unspecified atom stereocenters. The molecule has 0 amide bonds. The molecule has 0 aliphatic carbocycles. The van der Waals surface area contributed by atoms with E-state index in [0.717, 1.165) is 30.8 Å². The van der Waals surface area contributed by atoms with E-state index in [1.165, 1.54) is 25.9 Å². The zero-order chi connectivity index (χ0) is 13.0. The SMILES string of the molecule is Cc1cc(F)c(Br)cc1NCCCN1CCCC1. The van der Waals surface area contributed by atoms with Gasteiger partial charge < -0.3 is 10.2 Å². The van der Waals surface area contributed by atoms with Gasteiger partial charge in [-0.3, -0.25) is 0 Å². The van der Waals surface area contributed by atoms with Crippen LogP contribution in [-0.2, 0) is 0 Å². The quantitative estimate of drug-likeness (QED) is 0.832. The van der Waals surface area contributed by atoms with Crippen LogP contribution in [0, 0.1) is 12.7 Å². The van der Waals surface area contributed by atoms with E-state index in [4.69, 9.17) is 0 Å². The van der Waals surface area contributed by atoms with Crippen LogP contribution in [0.3, 0.4) is 0 Å². The van der Waals surface area contributed by atoms with Gasteiger partial charge in [-0.1, -0.05) is 0 Å². The van der Waals surface area contributed by atoms with Gasteiger partial charge in [0, 0.05) is 12.2 Å². The van der Waals surface area contributed by atoms with Gasteiger partial charge >= 0.3 is 0 Å². The number of hydrogen-bond donors (Lipinski definition) is 1. The van der Waals surface area contributed by atoms with Crippen LogP contribution < -0.4 is 5.32 Å². The van der Waals surface area contributed by atoms with Crippen LogP contribution in [-0.4, -0.2) is 31.1 Å². The Morgan fingerprint density at radius 2 is 2.06 bits per heavy atom. The minimum Gasteiger partial charge on any atom is -0.385 e. The molecule has 1 saturated heterocycles. The molecule has 2 nitrogen and oxygen atoms in total. The van der Waals surface area contributed by atoms with Gasteiger partial charge in [-0.15, -0.1) is 0 Å². The molecule has 1 aliphatic heterocycles. The van der Waals surface area contributed by atoms with Gasteiger partial charge in [0.05, 0.1) is 4.47 Å². The summed E-state index contributed by atoms with van der Waals surface area (Å²) in [7, 11) is 0. The Hall–Kier alpha value is -0.610. The van der Waals surface area contributed by atoms with Crippen LogP contribution >= 0.6 is 15.9 Å². The predicted molar refractivity (Wildman–Crippen MR) is 77.6 cm³/mol. The number of aryl methyl sites for hydroxylation is 1. The van der Waals surface area contributed by atoms with E-state index in [1.54, 1.807) is 6.07 Å². The monoisotopic (exact) mass is 314 g/mol. The second-order valence-corrected chi connectivity index (χ2v) is 5.76. The Morgan fingerprint density at radius 1 is 1.33 bits per heavy atom. The van der Waals surface area contributed by atoms with Crippen molar-refractivity contribution >= 4 is 21.6 Å². The van der Waals surface area contributed by atoms with Crippen LogP contribution in [0.4, 0.5) is 10.1 Å². The van der Waals surface area contributed by atoms with Crippen LogP contribution in [0.25, 0.3) is 0 Å². The molecular weight excluding hydrogens is 295 g/mol. The molecular formula is C14H20BrFN2. The smallest absolute Gasteiger partial charge is 0.137 e. The summed E-state index contributed by atoms with van der Waals surface area (Å²) in [6.07, 6.45) is 3.82. The minimum atomic E-state index is -0.199. The average Bonchev–Trinajstić information content (AvgIpc) is 2.84. The first-order valence-electron chi connectivity index (χ1n) is 6.58. The van der Waals surface area contributed by atoms with E-state index >= 15 is 0 Å². The Bertz CT molecular complexity index is 403. The average molecular weight is 315 g/mol. The first-order chi connectivity index (χ1) is 8.66. The predicted octanol–water partition coefficient (Wildman–Crippen LogP) is 3.79. The van der Waals surface area contributed by atoms with E-state index in [2.05, 4.69) is 26.1 Å². The van der Waals surface area contributed by atoms with Gasteiger partial charge in [-0.05, 0) is 79.4 Å². The van der Waals surface area contributed by atoms with Crippen LogP contribution in [0.2, 0.25) is 0 Å². The Balaban J connectivity index is 1.77. The van der Waals surface area contributed by atoms with Crippen molar-refractivity contribution in [1.82, 2.24) is 4.90 Å². The molecule has 2 rings (SSSR count). The summed E-state index contributed by atoms with van der Waals surface area (Å²) < 4.78 is 13.8. The summed E-state index contributed by atoms with van der Waals surface area (Å²) >= 11 is 3.22. The highest BCUT2D eigenvalue weighted by molar-refractivity contribution is 9.10. The Kier molecular flexibility index (Phi) is 5.01. The topological polar surface area (TPSA) is 15.3 Å². The second kappa shape index (κ2) is 6.53. The summed E-state index contributed by atoms with van der Waals surface area (Å²) in [6.45, 7) is 6.53. The first kappa shape index (κ1) is 13.8. The molecule has 1 N–H and O–H groups in total. The molecule has 0 spiro atoms. The van der Waals surface area contributed by atoms with Gasteiger partial charge in [0.25, 0.3) is 0 Å². The molecule has 18 heavy (non-hydrogen) atoms. The van der Waals surface area contributed by atoms with Crippen LogP contribution in [0.1, 0.15) is 24.8 Å². The van der Waals surface area contributed by atoms with Crippen LogP contribution in [0.15, 0.2) is 16.6 Å². The summed E-state index contributed by atoms with van der Waals surface area (Å²) in [4.78, 5) is 2.51.